The van der Waals surface area contributed by atoms with Crippen molar-refractivity contribution in [2.45, 2.75) is 26.4 Å². The second-order valence-corrected chi connectivity index (χ2v) is 7.86. The van der Waals surface area contributed by atoms with Crippen molar-refractivity contribution < 1.29 is 9.53 Å². The van der Waals surface area contributed by atoms with Gasteiger partial charge in [0.1, 0.15) is 0 Å². The van der Waals surface area contributed by atoms with Crippen molar-refractivity contribution in [3.05, 3.63) is 70.8 Å². The van der Waals surface area contributed by atoms with Crippen molar-refractivity contribution in [2.24, 2.45) is 4.99 Å². The van der Waals surface area contributed by atoms with Crippen molar-refractivity contribution >= 4 is 11.9 Å². The van der Waals surface area contributed by atoms with Crippen LogP contribution in [0.1, 0.15) is 34.0 Å². The van der Waals surface area contributed by atoms with Crippen LogP contribution in [-0.4, -0.2) is 63.2 Å². The standard InChI is InChI=1S/C25H35N5O2/c1-3-27-25(28-12-11-20-5-4-6-23(17-20)24(31)26-2)29-18-21-7-9-22(10-8-21)19-30-13-15-32-16-14-30/h4-10,17H,3,11-16,18-19H2,1-2H3,(H,26,31)(H2,27,28,29). The van der Waals surface area contributed by atoms with E-state index in [-0.39, 0.29) is 5.91 Å². The lowest BCUT2D eigenvalue weighted by molar-refractivity contribution is 0.0342. The molecule has 1 saturated heterocycles. The van der Waals surface area contributed by atoms with Crippen LogP contribution in [0.3, 0.4) is 0 Å². The molecule has 0 saturated carbocycles. The summed E-state index contributed by atoms with van der Waals surface area (Å²) in [5.41, 5.74) is 4.31. The topological polar surface area (TPSA) is 78.0 Å². The lowest BCUT2D eigenvalue weighted by Gasteiger charge is -2.26. The minimum atomic E-state index is -0.0642. The Bertz CT molecular complexity index is 876. The molecular weight excluding hydrogens is 402 g/mol. The molecule has 7 nitrogen and oxygen atoms in total. The quantitative estimate of drug-likeness (QED) is 0.414. The summed E-state index contributed by atoms with van der Waals surface area (Å²) in [6.07, 6.45) is 0.811. The smallest absolute Gasteiger partial charge is 0.251 e. The van der Waals surface area contributed by atoms with E-state index < -0.39 is 0 Å². The lowest BCUT2D eigenvalue weighted by Crippen LogP contribution is -2.38. The third-order valence-corrected chi connectivity index (χ3v) is 5.42. The van der Waals surface area contributed by atoms with E-state index in [9.17, 15) is 4.79 Å². The maximum atomic E-state index is 11.8. The van der Waals surface area contributed by atoms with E-state index in [1.54, 1.807) is 7.05 Å². The van der Waals surface area contributed by atoms with Gasteiger partial charge in [0, 0.05) is 45.3 Å². The Morgan fingerprint density at radius 3 is 2.50 bits per heavy atom. The Balaban J connectivity index is 1.49. The van der Waals surface area contributed by atoms with Crippen LogP contribution in [0.4, 0.5) is 0 Å². The summed E-state index contributed by atoms with van der Waals surface area (Å²) in [5.74, 6) is 0.734. The number of ether oxygens (including phenoxy) is 1. The molecule has 2 aromatic rings. The van der Waals surface area contributed by atoms with Gasteiger partial charge in [-0.25, -0.2) is 4.99 Å². The maximum absolute atomic E-state index is 11.8. The molecule has 0 aromatic heterocycles. The SMILES string of the molecule is CCNC(=NCc1ccc(CN2CCOCC2)cc1)NCCc1cccc(C(=O)NC)c1. The number of nitrogens with zero attached hydrogens (tertiary/aromatic N) is 2. The first-order valence-corrected chi connectivity index (χ1v) is 11.4. The normalized spacial score (nSPS) is 14.8. The number of carbonyl (C=O) groups excluding carboxylic acids is 1. The van der Waals surface area contributed by atoms with Crippen LogP contribution in [0.5, 0.6) is 0 Å². The highest BCUT2D eigenvalue weighted by Gasteiger charge is 2.10. The van der Waals surface area contributed by atoms with Crippen LogP contribution in [0.2, 0.25) is 0 Å². The van der Waals surface area contributed by atoms with E-state index in [1.807, 2.05) is 24.3 Å². The van der Waals surface area contributed by atoms with E-state index in [4.69, 9.17) is 9.73 Å². The van der Waals surface area contributed by atoms with Gasteiger partial charge in [-0.1, -0.05) is 36.4 Å². The van der Waals surface area contributed by atoms with Gasteiger partial charge in [0.2, 0.25) is 0 Å². The van der Waals surface area contributed by atoms with Gasteiger partial charge in [0.15, 0.2) is 5.96 Å². The molecule has 0 atom stereocenters. The number of guanidine groups is 1. The van der Waals surface area contributed by atoms with Crippen molar-refractivity contribution in [3.8, 4) is 0 Å². The van der Waals surface area contributed by atoms with Crippen LogP contribution in [0.25, 0.3) is 0 Å². The molecule has 1 aliphatic heterocycles. The van der Waals surface area contributed by atoms with Gasteiger partial charge in [-0.3, -0.25) is 9.69 Å². The maximum Gasteiger partial charge on any atom is 0.251 e. The number of nitrogens with one attached hydrogen (secondary N) is 3. The van der Waals surface area contributed by atoms with Crippen molar-refractivity contribution in [3.63, 3.8) is 0 Å². The van der Waals surface area contributed by atoms with E-state index in [2.05, 4.69) is 52.0 Å². The Labute approximate surface area is 191 Å². The van der Waals surface area contributed by atoms with Gasteiger partial charge in [-0.2, -0.15) is 0 Å². The fourth-order valence-corrected chi connectivity index (χ4v) is 3.62. The molecule has 1 amide bonds. The molecule has 0 aliphatic carbocycles. The summed E-state index contributed by atoms with van der Waals surface area (Å²) < 4.78 is 5.42. The highest BCUT2D eigenvalue weighted by Crippen LogP contribution is 2.10. The summed E-state index contributed by atoms with van der Waals surface area (Å²) in [4.78, 5) is 19.0. The fourth-order valence-electron chi connectivity index (χ4n) is 3.62. The van der Waals surface area contributed by atoms with E-state index in [0.29, 0.717) is 12.1 Å². The van der Waals surface area contributed by atoms with Crippen LogP contribution in [0, 0.1) is 0 Å². The molecular formula is C25H35N5O2. The summed E-state index contributed by atoms with van der Waals surface area (Å²) in [6.45, 7) is 8.85. The fraction of sp³-hybridized carbons (Fsp3) is 0.440. The Hall–Kier alpha value is -2.90. The molecule has 1 aliphatic rings. The van der Waals surface area contributed by atoms with E-state index >= 15 is 0 Å². The molecule has 0 spiro atoms. The van der Waals surface area contributed by atoms with Gasteiger partial charge in [0.05, 0.1) is 19.8 Å². The molecule has 0 radical (unpaired) electrons. The first-order chi connectivity index (χ1) is 15.7. The number of hydrogen-bond donors (Lipinski definition) is 3. The van der Waals surface area contributed by atoms with Crippen LogP contribution < -0.4 is 16.0 Å². The van der Waals surface area contributed by atoms with Gasteiger partial charge in [-0.15, -0.1) is 0 Å². The number of morpholine rings is 1. The minimum absolute atomic E-state index is 0.0642. The summed E-state index contributed by atoms with van der Waals surface area (Å²) in [6, 6.07) is 16.4. The molecule has 32 heavy (non-hydrogen) atoms. The predicted octanol–water partition coefficient (Wildman–Crippen LogP) is 2.18. The van der Waals surface area contributed by atoms with Crippen molar-refractivity contribution in [2.75, 3.05) is 46.4 Å². The minimum Gasteiger partial charge on any atom is -0.379 e. The van der Waals surface area contributed by atoms with Gasteiger partial charge >= 0.3 is 0 Å². The van der Waals surface area contributed by atoms with Crippen molar-refractivity contribution in [1.29, 1.82) is 0 Å². The van der Waals surface area contributed by atoms with E-state index in [0.717, 1.165) is 63.9 Å². The molecule has 1 heterocycles. The Morgan fingerprint density at radius 1 is 1.03 bits per heavy atom. The van der Waals surface area contributed by atoms with Gasteiger partial charge < -0.3 is 20.7 Å². The molecule has 0 bridgehead atoms. The molecule has 7 heteroatoms. The first kappa shape index (κ1) is 23.8. The number of amides is 1. The summed E-state index contributed by atoms with van der Waals surface area (Å²) in [7, 11) is 1.65. The molecule has 0 unspecified atom stereocenters. The Kier molecular flexibility index (Phi) is 9.53. The average Bonchev–Trinajstić information content (AvgIpc) is 2.84. The number of rotatable bonds is 9. The zero-order valence-electron chi connectivity index (χ0n) is 19.2. The van der Waals surface area contributed by atoms with Gasteiger partial charge in [0.25, 0.3) is 5.91 Å². The summed E-state index contributed by atoms with van der Waals surface area (Å²) in [5, 5.41) is 9.35. The highest BCUT2D eigenvalue weighted by molar-refractivity contribution is 5.94. The number of benzene rings is 2. The van der Waals surface area contributed by atoms with Crippen molar-refractivity contribution in [1.82, 2.24) is 20.9 Å². The monoisotopic (exact) mass is 437 g/mol. The van der Waals surface area contributed by atoms with Crippen LogP contribution in [-0.2, 0) is 24.2 Å². The first-order valence-electron chi connectivity index (χ1n) is 11.4. The lowest BCUT2D eigenvalue weighted by atomic mass is 10.1. The molecule has 172 valence electrons. The highest BCUT2D eigenvalue weighted by atomic mass is 16.5. The third kappa shape index (κ3) is 7.66. The van der Waals surface area contributed by atoms with Crippen LogP contribution in [0.15, 0.2) is 53.5 Å². The van der Waals surface area contributed by atoms with E-state index in [1.165, 1.54) is 11.1 Å². The predicted molar refractivity (Wildman–Crippen MR) is 129 cm³/mol. The molecule has 3 N–H and O–H groups in total. The zero-order valence-corrected chi connectivity index (χ0v) is 19.2. The number of carbonyl (C=O) groups is 1. The second-order valence-electron chi connectivity index (χ2n) is 7.86. The largest absolute Gasteiger partial charge is 0.379 e. The third-order valence-electron chi connectivity index (χ3n) is 5.42. The van der Waals surface area contributed by atoms with Crippen LogP contribution >= 0.6 is 0 Å². The Morgan fingerprint density at radius 2 is 1.78 bits per heavy atom. The second kappa shape index (κ2) is 12.8. The molecule has 3 rings (SSSR count). The molecule has 1 fully saturated rings. The number of aliphatic imine (C=N–C) groups is 1. The zero-order chi connectivity index (χ0) is 22.6. The number of hydrogen-bond acceptors (Lipinski definition) is 4. The average molecular weight is 438 g/mol. The molecule has 2 aromatic carbocycles. The summed E-state index contributed by atoms with van der Waals surface area (Å²) >= 11 is 0. The van der Waals surface area contributed by atoms with Gasteiger partial charge in [-0.05, 0) is 42.2 Å².